The number of nitrogen functional groups attached to an aromatic ring is 1. The van der Waals surface area contributed by atoms with Gasteiger partial charge in [-0.15, -0.1) is 11.3 Å². The fourth-order valence-electron chi connectivity index (χ4n) is 3.90. The zero-order valence-electron chi connectivity index (χ0n) is 20.4. The van der Waals surface area contributed by atoms with E-state index in [-0.39, 0.29) is 18.4 Å². The van der Waals surface area contributed by atoms with Gasteiger partial charge in [-0.2, -0.15) is 0 Å². The van der Waals surface area contributed by atoms with Crippen molar-refractivity contribution in [3.8, 4) is 10.4 Å². The number of thiophene rings is 1. The lowest BCUT2D eigenvalue weighted by atomic mass is 10.1. The number of nitrogens with two attached hydrogens (primary N) is 1. The Morgan fingerprint density at radius 3 is 2.34 bits per heavy atom. The Morgan fingerprint density at radius 1 is 0.895 bits per heavy atom. The lowest BCUT2D eigenvalue weighted by Gasteiger charge is -2.17. The number of ether oxygens (including phenoxy) is 1. The largest absolute Gasteiger partial charge is 0.445 e. The van der Waals surface area contributed by atoms with Gasteiger partial charge in [-0.1, -0.05) is 42.5 Å². The third-order valence-corrected chi connectivity index (χ3v) is 7.17. The van der Waals surface area contributed by atoms with Crippen molar-refractivity contribution in [1.82, 2.24) is 5.32 Å². The van der Waals surface area contributed by atoms with Crippen molar-refractivity contribution >= 4 is 46.3 Å². The molecule has 1 aliphatic carbocycles. The summed E-state index contributed by atoms with van der Waals surface area (Å²) in [6.45, 7) is 0.123. The van der Waals surface area contributed by atoms with Crippen LogP contribution in [0.25, 0.3) is 10.4 Å². The lowest BCUT2D eigenvalue weighted by Crippen LogP contribution is -2.46. The summed E-state index contributed by atoms with van der Waals surface area (Å²) in [5.74, 6) is -0.649. The van der Waals surface area contributed by atoms with Gasteiger partial charge in [-0.25, -0.2) is 4.79 Å². The van der Waals surface area contributed by atoms with Gasteiger partial charge in [0.15, 0.2) is 0 Å². The molecule has 1 aromatic heterocycles. The van der Waals surface area contributed by atoms with E-state index < -0.39 is 11.6 Å². The van der Waals surface area contributed by atoms with Gasteiger partial charge < -0.3 is 26.4 Å². The molecule has 4 aromatic rings. The molecule has 0 spiro atoms. The normalized spacial score (nSPS) is 13.3. The second kappa shape index (κ2) is 10.8. The fourth-order valence-corrected chi connectivity index (χ4v) is 4.62. The topological polar surface area (TPSA) is 123 Å². The Hall–Kier alpha value is -4.63. The van der Waals surface area contributed by atoms with E-state index in [4.69, 9.17) is 10.5 Å². The maximum atomic E-state index is 12.9. The van der Waals surface area contributed by atoms with Crippen molar-refractivity contribution in [2.45, 2.75) is 25.0 Å². The molecule has 0 radical (unpaired) electrons. The standard InChI is InChI=1S/C29H26N4O4S/c30-23-13-10-21(25-7-4-16-38-25)17-24(23)32-26(34)20-8-11-22(12-9-20)31-27(35)29(14-15-29)33-28(36)37-18-19-5-2-1-3-6-19/h1-13,16-17H,14-15,18,30H2,(H,31,35)(H,32,34)(H,33,36). The smallest absolute Gasteiger partial charge is 0.408 e. The average Bonchev–Trinajstić information content (AvgIpc) is 3.50. The first-order valence-electron chi connectivity index (χ1n) is 12.1. The van der Waals surface area contributed by atoms with Crippen molar-refractivity contribution in [2.24, 2.45) is 0 Å². The molecule has 1 heterocycles. The summed E-state index contributed by atoms with van der Waals surface area (Å²) in [5, 5.41) is 10.3. The summed E-state index contributed by atoms with van der Waals surface area (Å²) in [6, 6.07) is 25.3. The molecule has 5 rings (SSSR count). The summed E-state index contributed by atoms with van der Waals surface area (Å²) in [5.41, 5.74) is 8.83. The summed E-state index contributed by atoms with van der Waals surface area (Å²) in [6.07, 6.45) is 0.396. The van der Waals surface area contributed by atoms with Gasteiger partial charge in [-0.3, -0.25) is 9.59 Å². The molecule has 9 heteroatoms. The number of hydrogen-bond donors (Lipinski definition) is 4. The van der Waals surface area contributed by atoms with Crippen LogP contribution in [0.5, 0.6) is 0 Å². The molecular weight excluding hydrogens is 500 g/mol. The van der Waals surface area contributed by atoms with Crippen LogP contribution in [-0.4, -0.2) is 23.4 Å². The van der Waals surface area contributed by atoms with Crippen LogP contribution in [0.2, 0.25) is 0 Å². The van der Waals surface area contributed by atoms with Crippen molar-refractivity contribution in [2.75, 3.05) is 16.4 Å². The molecule has 0 atom stereocenters. The van der Waals surface area contributed by atoms with Gasteiger partial charge >= 0.3 is 6.09 Å². The van der Waals surface area contributed by atoms with E-state index in [2.05, 4.69) is 16.0 Å². The van der Waals surface area contributed by atoms with Crippen LogP contribution in [0.1, 0.15) is 28.8 Å². The predicted octanol–water partition coefficient (Wildman–Crippen LogP) is 5.65. The fraction of sp³-hybridized carbons (Fsp3) is 0.138. The third kappa shape index (κ3) is 5.84. The monoisotopic (exact) mass is 526 g/mol. The molecule has 5 N–H and O–H groups in total. The summed E-state index contributed by atoms with van der Waals surface area (Å²) in [4.78, 5) is 39.0. The molecule has 0 bridgehead atoms. The Balaban J connectivity index is 1.16. The van der Waals surface area contributed by atoms with E-state index >= 15 is 0 Å². The molecule has 3 amide bonds. The van der Waals surface area contributed by atoms with Gasteiger partial charge in [0.25, 0.3) is 5.91 Å². The molecule has 3 aromatic carbocycles. The zero-order valence-corrected chi connectivity index (χ0v) is 21.2. The molecule has 38 heavy (non-hydrogen) atoms. The van der Waals surface area contributed by atoms with Gasteiger partial charge in [0.1, 0.15) is 12.1 Å². The number of nitrogens with one attached hydrogen (secondary N) is 3. The Kier molecular flexibility index (Phi) is 7.10. The van der Waals surface area contributed by atoms with Crippen LogP contribution in [0.4, 0.5) is 21.9 Å². The van der Waals surface area contributed by atoms with Crippen LogP contribution < -0.4 is 21.7 Å². The third-order valence-electron chi connectivity index (χ3n) is 6.25. The average molecular weight is 527 g/mol. The van der Waals surface area contributed by atoms with E-state index in [0.29, 0.717) is 35.5 Å². The number of benzene rings is 3. The van der Waals surface area contributed by atoms with Gasteiger partial charge in [0.2, 0.25) is 5.91 Å². The minimum atomic E-state index is -0.991. The van der Waals surface area contributed by atoms with Crippen molar-refractivity contribution in [1.29, 1.82) is 0 Å². The summed E-state index contributed by atoms with van der Waals surface area (Å²) >= 11 is 1.60. The SMILES string of the molecule is Nc1ccc(-c2cccs2)cc1NC(=O)c1ccc(NC(=O)C2(NC(=O)OCc3ccccc3)CC2)cc1. The minimum absolute atomic E-state index is 0.123. The number of carbonyl (C=O) groups is 3. The predicted molar refractivity (Wildman–Crippen MR) is 149 cm³/mol. The number of rotatable bonds is 8. The highest BCUT2D eigenvalue weighted by molar-refractivity contribution is 7.13. The highest BCUT2D eigenvalue weighted by atomic mass is 32.1. The van der Waals surface area contributed by atoms with E-state index in [0.717, 1.165) is 16.0 Å². The van der Waals surface area contributed by atoms with Crippen molar-refractivity contribution in [3.63, 3.8) is 0 Å². The Morgan fingerprint density at radius 2 is 1.66 bits per heavy atom. The van der Waals surface area contributed by atoms with E-state index in [1.807, 2.05) is 60.0 Å². The second-order valence-electron chi connectivity index (χ2n) is 9.03. The highest BCUT2D eigenvalue weighted by Crippen LogP contribution is 2.37. The first-order valence-corrected chi connectivity index (χ1v) is 12.9. The van der Waals surface area contributed by atoms with Crippen LogP contribution in [-0.2, 0) is 16.1 Å². The van der Waals surface area contributed by atoms with Crippen molar-refractivity contribution in [3.05, 3.63) is 101 Å². The molecule has 0 unspecified atom stereocenters. The van der Waals surface area contributed by atoms with Crippen LogP contribution in [0.3, 0.4) is 0 Å². The molecule has 1 fully saturated rings. The number of carbonyl (C=O) groups excluding carboxylic acids is 3. The Bertz CT molecular complexity index is 1450. The minimum Gasteiger partial charge on any atom is -0.445 e. The quantitative estimate of drug-likeness (QED) is 0.221. The molecular formula is C29H26N4O4S. The molecule has 8 nitrogen and oxygen atoms in total. The second-order valence-corrected chi connectivity index (χ2v) is 9.98. The molecule has 192 valence electrons. The lowest BCUT2D eigenvalue weighted by molar-refractivity contribution is -0.119. The number of hydrogen-bond acceptors (Lipinski definition) is 6. The number of alkyl carbamates (subject to hydrolysis) is 1. The van der Waals surface area contributed by atoms with Gasteiger partial charge in [0.05, 0.1) is 11.4 Å². The zero-order chi connectivity index (χ0) is 26.5. The van der Waals surface area contributed by atoms with Gasteiger partial charge in [-0.05, 0) is 71.8 Å². The summed E-state index contributed by atoms with van der Waals surface area (Å²) in [7, 11) is 0. The van der Waals surface area contributed by atoms with Crippen molar-refractivity contribution < 1.29 is 19.1 Å². The maximum Gasteiger partial charge on any atom is 0.408 e. The Labute approximate surface area is 223 Å². The van der Waals surface area contributed by atoms with Gasteiger partial charge in [0, 0.05) is 16.1 Å². The van der Waals surface area contributed by atoms with E-state index in [1.54, 1.807) is 41.7 Å². The first kappa shape index (κ1) is 25.0. The number of anilines is 3. The summed E-state index contributed by atoms with van der Waals surface area (Å²) < 4.78 is 5.25. The van der Waals surface area contributed by atoms with Crippen LogP contribution in [0, 0.1) is 0 Å². The molecule has 0 saturated heterocycles. The molecule has 1 aliphatic rings. The van der Waals surface area contributed by atoms with E-state index in [1.165, 1.54) is 0 Å². The van der Waals surface area contributed by atoms with E-state index in [9.17, 15) is 14.4 Å². The molecule has 0 aliphatic heterocycles. The maximum absolute atomic E-state index is 12.9. The first-order chi connectivity index (χ1) is 18.4. The van der Waals surface area contributed by atoms with Crippen LogP contribution in [0.15, 0.2) is 90.3 Å². The van der Waals surface area contributed by atoms with Crippen LogP contribution >= 0.6 is 11.3 Å². The number of amides is 3. The molecule has 1 saturated carbocycles. The highest BCUT2D eigenvalue weighted by Gasteiger charge is 2.51.